The van der Waals surface area contributed by atoms with Gasteiger partial charge in [-0.3, -0.25) is 9.59 Å². The van der Waals surface area contributed by atoms with Crippen LogP contribution < -0.4 is 19.5 Å². The lowest BCUT2D eigenvalue weighted by Gasteiger charge is -2.32. The van der Waals surface area contributed by atoms with Crippen LogP contribution in [0.4, 0.5) is 0 Å². The Balaban J connectivity index is 1.23. The fourth-order valence-corrected chi connectivity index (χ4v) is 3.88. The van der Waals surface area contributed by atoms with E-state index in [0.717, 1.165) is 29.9 Å². The molecule has 4 rings (SSSR count). The minimum atomic E-state index is -0.190. The second-order valence-corrected chi connectivity index (χ2v) is 7.79. The lowest BCUT2D eigenvalue weighted by molar-refractivity contribution is -0.136. The van der Waals surface area contributed by atoms with E-state index < -0.39 is 0 Å². The normalized spacial score (nSPS) is 17.7. The molecule has 1 atom stereocenters. The largest absolute Gasteiger partial charge is 0.493 e. The van der Waals surface area contributed by atoms with E-state index in [-0.39, 0.29) is 17.7 Å². The molecular weight excluding hydrogens is 396 g/mol. The zero-order valence-electron chi connectivity index (χ0n) is 17.5. The maximum atomic E-state index is 12.7. The molecule has 1 unspecified atom stereocenters. The van der Waals surface area contributed by atoms with Gasteiger partial charge in [0.25, 0.3) is 0 Å². The molecule has 2 heterocycles. The average molecular weight is 424 g/mol. The Hall–Kier alpha value is -3.22. The van der Waals surface area contributed by atoms with Crippen molar-refractivity contribution in [2.45, 2.75) is 25.8 Å². The van der Waals surface area contributed by atoms with Crippen LogP contribution in [0, 0.1) is 5.92 Å². The van der Waals surface area contributed by atoms with Crippen LogP contribution in [-0.2, 0) is 16.1 Å². The average Bonchev–Trinajstić information content (AvgIpc) is 2.83. The minimum absolute atomic E-state index is 0.0204. The van der Waals surface area contributed by atoms with Crippen molar-refractivity contribution in [1.82, 2.24) is 10.2 Å². The van der Waals surface area contributed by atoms with E-state index in [1.807, 2.05) is 48.5 Å². The predicted molar refractivity (Wildman–Crippen MR) is 115 cm³/mol. The summed E-state index contributed by atoms with van der Waals surface area (Å²) in [6, 6.07) is 15.2. The zero-order chi connectivity index (χ0) is 21.5. The molecule has 2 aliphatic heterocycles. The monoisotopic (exact) mass is 424 g/mol. The Kier molecular flexibility index (Phi) is 6.92. The molecule has 0 bridgehead atoms. The Morgan fingerprint density at radius 3 is 2.71 bits per heavy atom. The number of fused-ring (bicyclic) bond motifs is 1. The first-order valence-electron chi connectivity index (χ1n) is 10.8. The molecule has 1 fully saturated rings. The van der Waals surface area contributed by atoms with E-state index in [0.29, 0.717) is 51.6 Å². The first-order chi connectivity index (χ1) is 15.2. The van der Waals surface area contributed by atoms with E-state index in [1.54, 1.807) is 4.90 Å². The molecule has 0 radical (unpaired) electrons. The van der Waals surface area contributed by atoms with Gasteiger partial charge in [0.15, 0.2) is 11.5 Å². The number of likely N-dealkylation sites (tertiary alicyclic amines) is 1. The summed E-state index contributed by atoms with van der Waals surface area (Å²) >= 11 is 0. The molecule has 1 saturated heterocycles. The lowest BCUT2D eigenvalue weighted by Crippen LogP contribution is -2.45. The second-order valence-electron chi connectivity index (χ2n) is 7.79. The van der Waals surface area contributed by atoms with Gasteiger partial charge in [-0.15, -0.1) is 0 Å². The third-order valence-corrected chi connectivity index (χ3v) is 5.55. The van der Waals surface area contributed by atoms with Gasteiger partial charge < -0.3 is 24.4 Å². The number of hydrogen-bond donors (Lipinski definition) is 1. The Bertz CT molecular complexity index is 902. The minimum Gasteiger partial charge on any atom is -0.493 e. The van der Waals surface area contributed by atoms with E-state index >= 15 is 0 Å². The van der Waals surface area contributed by atoms with Crippen LogP contribution in [0.2, 0.25) is 0 Å². The van der Waals surface area contributed by atoms with Gasteiger partial charge in [-0.05, 0) is 42.7 Å². The molecule has 2 amide bonds. The molecular formula is C24H28N2O5. The van der Waals surface area contributed by atoms with Gasteiger partial charge in [0.1, 0.15) is 19.0 Å². The maximum Gasteiger partial charge on any atom is 0.226 e. The SMILES string of the molecule is O=C(NCc1ccc2c(c1)OCCO2)C1CCCN(C(=O)CCOc2ccccc2)C1. The number of para-hydroxylation sites is 1. The Labute approximate surface area is 182 Å². The number of carbonyl (C=O) groups excluding carboxylic acids is 2. The van der Waals surface area contributed by atoms with Crippen molar-refractivity contribution < 1.29 is 23.8 Å². The summed E-state index contributed by atoms with van der Waals surface area (Å²) in [5.41, 5.74) is 0.958. The number of hydrogen-bond acceptors (Lipinski definition) is 5. The number of nitrogens with one attached hydrogen (secondary N) is 1. The molecule has 0 spiro atoms. The van der Waals surface area contributed by atoms with Crippen LogP contribution in [-0.4, -0.2) is 49.6 Å². The fraction of sp³-hybridized carbons (Fsp3) is 0.417. The summed E-state index contributed by atoms with van der Waals surface area (Å²) in [6.45, 7) is 2.99. The first-order valence-corrected chi connectivity index (χ1v) is 10.8. The highest BCUT2D eigenvalue weighted by Crippen LogP contribution is 2.30. The summed E-state index contributed by atoms with van der Waals surface area (Å²) in [5.74, 6) is 2.02. The predicted octanol–water partition coefficient (Wildman–Crippen LogP) is 2.78. The van der Waals surface area contributed by atoms with Crippen LogP contribution in [0.15, 0.2) is 48.5 Å². The Morgan fingerprint density at radius 2 is 1.87 bits per heavy atom. The summed E-state index contributed by atoms with van der Waals surface area (Å²) < 4.78 is 16.7. The summed E-state index contributed by atoms with van der Waals surface area (Å²) in [6.07, 6.45) is 1.92. The van der Waals surface area contributed by atoms with Gasteiger partial charge in [0.2, 0.25) is 11.8 Å². The second kappa shape index (κ2) is 10.2. The number of carbonyl (C=O) groups is 2. The van der Waals surface area contributed by atoms with Gasteiger partial charge in [-0.1, -0.05) is 24.3 Å². The molecule has 164 valence electrons. The molecule has 2 aliphatic rings. The molecule has 0 saturated carbocycles. The molecule has 0 aliphatic carbocycles. The quantitative estimate of drug-likeness (QED) is 0.740. The van der Waals surface area contributed by atoms with E-state index in [4.69, 9.17) is 14.2 Å². The van der Waals surface area contributed by atoms with Crippen LogP contribution in [0.5, 0.6) is 17.2 Å². The van der Waals surface area contributed by atoms with Crippen molar-refractivity contribution in [3.8, 4) is 17.2 Å². The fourth-order valence-electron chi connectivity index (χ4n) is 3.88. The highest BCUT2D eigenvalue weighted by atomic mass is 16.6. The molecule has 1 N–H and O–H groups in total. The highest BCUT2D eigenvalue weighted by molar-refractivity contribution is 5.81. The van der Waals surface area contributed by atoms with Crippen LogP contribution in [0.3, 0.4) is 0 Å². The molecule has 2 aromatic carbocycles. The van der Waals surface area contributed by atoms with Crippen LogP contribution in [0.1, 0.15) is 24.8 Å². The standard InChI is InChI=1S/C24H28N2O5/c27-23(10-12-29-20-6-2-1-3-7-20)26-11-4-5-19(17-26)24(28)25-16-18-8-9-21-22(15-18)31-14-13-30-21/h1-3,6-9,15,19H,4-5,10-14,16-17H2,(H,25,28). The van der Waals surface area contributed by atoms with Crippen molar-refractivity contribution in [2.24, 2.45) is 5.92 Å². The molecule has 7 nitrogen and oxygen atoms in total. The van der Waals surface area contributed by atoms with Crippen molar-refractivity contribution in [3.05, 3.63) is 54.1 Å². The zero-order valence-corrected chi connectivity index (χ0v) is 17.5. The number of nitrogens with zero attached hydrogens (tertiary/aromatic N) is 1. The lowest BCUT2D eigenvalue weighted by atomic mass is 9.96. The number of amides is 2. The van der Waals surface area contributed by atoms with E-state index in [2.05, 4.69) is 5.32 Å². The molecule has 2 aromatic rings. The number of ether oxygens (including phenoxy) is 3. The van der Waals surface area contributed by atoms with E-state index in [1.165, 1.54) is 0 Å². The number of piperidine rings is 1. The van der Waals surface area contributed by atoms with Crippen molar-refractivity contribution in [3.63, 3.8) is 0 Å². The van der Waals surface area contributed by atoms with Gasteiger partial charge >= 0.3 is 0 Å². The highest BCUT2D eigenvalue weighted by Gasteiger charge is 2.28. The maximum absolute atomic E-state index is 12.7. The van der Waals surface area contributed by atoms with E-state index in [9.17, 15) is 9.59 Å². The number of rotatable bonds is 7. The molecule has 0 aromatic heterocycles. The van der Waals surface area contributed by atoms with Crippen molar-refractivity contribution in [1.29, 1.82) is 0 Å². The van der Waals surface area contributed by atoms with Gasteiger partial charge in [0, 0.05) is 19.6 Å². The molecule has 31 heavy (non-hydrogen) atoms. The van der Waals surface area contributed by atoms with Gasteiger partial charge in [-0.2, -0.15) is 0 Å². The van der Waals surface area contributed by atoms with Gasteiger partial charge in [-0.25, -0.2) is 0 Å². The van der Waals surface area contributed by atoms with Gasteiger partial charge in [0.05, 0.1) is 18.9 Å². The van der Waals surface area contributed by atoms with Crippen LogP contribution in [0.25, 0.3) is 0 Å². The smallest absolute Gasteiger partial charge is 0.226 e. The third kappa shape index (κ3) is 5.69. The summed E-state index contributed by atoms with van der Waals surface area (Å²) in [5, 5.41) is 3.00. The Morgan fingerprint density at radius 1 is 1.06 bits per heavy atom. The van der Waals surface area contributed by atoms with Crippen molar-refractivity contribution >= 4 is 11.8 Å². The summed E-state index contributed by atoms with van der Waals surface area (Å²) in [4.78, 5) is 27.0. The molecule has 7 heteroatoms. The van der Waals surface area contributed by atoms with Crippen LogP contribution >= 0.6 is 0 Å². The first kappa shape index (κ1) is 21.0. The number of benzene rings is 2. The summed E-state index contributed by atoms with van der Waals surface area (Å²) in [7, 11) is 0. The third-order valence-electron chi connectivity index (χ3n) is 5.55. The topological polar surface area (TPSA) is 77.1 Å². The van der Waals surface area contributed by atoms with Crippen molar-refractivity contribution in [2.75, 3.05) is 32.9 Å².